The van der Waals surface area contributed by atoms with Crippen molar-refractivity contribution in [2.75, 3.05) is 6.61 Å². The van der Waals surface area contributed by atoms with Crippen molar-refractivity contribution >= 4 is 0 Å². The van der Waals surface area contributed by atoms with Crippen LogP contribution in [0, 0.1) is 6.92 Å². The second kappa shape index (κ2) is 3.98. The number of rotatable bonds is 3. The van der Waals surface area contributed by atoms with Crippen LogP contribution in [0.4, 0.5) is 0 Å². The summed E-state index contributed by atoms with van der Waals surface area (Å²) in [4.78, 5) is 4.64. The van der Waals surface area contributed by atoms with E-state index >= 15 is 0 Å². The van der Waals surface area contributed by atoms with E-state index in [0.29, 0.717) is 12.4 Å². The topological polar surface area (TPSA) is 55.5 Å². The molecule has 0 radical (unpaired) electrons. The van der Waals surface area contributed by atoms with Crippen molar-refractivity contribution in [1.82, 2.24) is 0 Å². The van der Waals surface area contributed by atoms with Crippen molar-refractivity contribution < 1.29 is 9.94 Å². The molecule has 1 rings (SSSR count). The SMILES string of the molecule is Cc1ccc(C(C)(C)CON)c(O)c1. The summed E-state index contributed by atoms with van der Waals surface area (Å²) in [5.74, 6) is 5.35. The number of benzene rings is 1. The molecule has 3 N–H and O–H groups in total. The Bertz CT molecular complexity index is 321. The van der Waals surface area contributed by atoms with Gasteiger partial charge in [0.05, 0.1) is 6.61 Å². The first-order valence-electron chi connectivity index (χ1n) is 4.59. The van der Waals surface area contributed by atoms with Crippen LogP contribution in [0.1, 0.15) is 25.0 Å². The van der Waals surface area contributed by atoms with Gasteiger partial charge in [0.15, 0.2) is 0 Å². The minimum atomic E-state index is -0.271. The smallest absolute Gasteiger partial charge is 0.119 e. The number of nitrogens with two attached hydrogens (primary N) is 1. The van der Waals surface area contributed by atoms with Crippen molar-refractivity contribution in [2.24, 2.45) is 5.90 Å². The van der Waals surface area contributed by atoms with E-state index in [0.717, 1.165) is 11.1 Å². The first kappa shape index (κ1) is 11.0. The molecule has 0 aromatic heterocycles. The quantitative estimate of drug-likeness (QED) is 0.724. The maximum absolute atomic E-state index is 9.76. The van der Waals surface area contributed by atoms with Crippen LogP contribution in [0.3, 0.4) is 0 Å². The van der Waals surface area contributed by atoms with Crippen molar-refractivity contribution in [3.8, 4) is 5.75 Å². The Morgan fingerprint density at radius 3 is 2.57 bits per heavy atom. The summed E-state index contributed by atoms with van der Waals surface area (Å²) in [6, 6.07) is 5.62. The minimum absolute atomic E-state index is 0.271. The molecule has 0 aliphatic carbocycles. The van der Waals surface area contributed by atoms with E-state index in [2.05, 4.69) is 4.84 Å². The van der Waals surface area contributed by atoms with Gasteiger partial charge < -0.3 is 9.94 Å². The van der Waals surface area contributed by atoms with Gasteiger partial charge in [-0.25, -0.2) is 5.90 Å². The monoisotopic (exact) mass is 195 g/mol. The molecule has 1 aromatic carbocycles. The molecule has 3 heteroatoms. The van der Waals surface area contributed by atoms with Gasteiger partial charge in [-0.05, 0) is 18.6 Å². The Morgan fingerprint density at radius 2 is 2.07 bits per heavy atom. The summed E-state index contributed by atoms with van der Waals surface area (Å²) in [6.45, 7) is 6.27. The van der Waals surface area contributed by atoms with E-state index in [1.165, 1.54) is 0 Å². The first-order chi connectivity index (χ1) is 6.47. The Morgan fingerprint density at radius 1 is 1.43 bits per heavy atom. The fraction of sp³-hybridized carbons (Fsp3) is 0.455. The van der Waals surface area contributed by atoms with Crippen LogP contribution < -0.4 is 5.90 Å². The summed E-state index contributed by atoms with van der Waals surface area (Å²) < 4.78 is 0. The second-order valence-electron chi connectivity index (χ2n) is 4.22. The third-order valence-corrected chi connectivity index (χ3v) is 2.33. The Labute approximate surface area is 84.5 Å². The molecular formula is C11H17NO2. The van der Waals surface area contributed by atoms with Gasteiger partial charge in [-0.1, -0.05) is 26.0 Å². The minimum Gasteiger partial charge on any atom is -0.508 e. The Balaban J connectivity index is 3.06. The third-order valence-electron chi connectivity index (χ3n) is 2.33. The normalized spacial score (nSPS) is 11.7. The molecule has 0 spiro atoms. The van der Waals surface area contributed by atoms with Crippen LogP contribution in [0.15, 0.2) is 18.2 Å². The lowest BCUT2D eigenvalue weighted by molar-refractivity contribution is 0.0954. The average Bonchev–Trinajstić information content (AvgIpc) is 2.02. The lowest BCUT2D eigenvalue weighted by Crippen LogP contribution is -2.26. The first-order valence-corrected chi connectivity index (χ1v) is 4.59. The zero-order chi connectivity index (χ0) is 10.8. The summed E-state index contributed by atoms with van der Waals surface area (Å²) in [6.07, 6.45) is 0. The van der Waals surface area contributed by atoms with Crippen LogP contribution in [-0.4, -0.2) is 11.7 Å². The highest BCUT2D eigenvalue weighted by Gasteiger charge is 2.23. The Hall–Kier alpha value is -1.06. The molecule has 0 amide bonds. The van der Waals surface area contributed by atoms with Crippen molar-refractivity contribution in [3.63, 3.8) is 0 Å². The molecule has 0 saturated heterocycles. The molecule has 78 valence electrons. The summed E-state index contributed by atoms with van der Waals surface area (Å²) in [5.41, 5.74) is 1.62. The number of phenols is 1. The van der Waals surface area contributed by atoms with E-state index in [4.69, 9.17) is 5.90 Å². The standard InChI is InChI=1S/C11H17NO2/c1-8-4-5-9(10(13)6-8)11(2,3)7-14-12/h4-6,13H,7,12H2,1-3H3. The van der Waals surface area contributed by atoms with Gasteiger partial charge in [0.1, 0.15) is 5.75 Å². The van der Waals surface area contributed by atoms with E-state index < -0.39 is 0 Å². The molecule has 0 aliphatic rings. The predicted octanol–water partition coefficient (Wildman–Crippen LogP) is 1.87. The number of phenolic OH excluding ortho intramolecular Hbond substituents is 1. The van der Waals surface area contributed by atoms with Gasteiger partial charge in [-0.3, -0.25) is 0 Å². The summed E-state index contributed by atoms with van der Waals surface area (Å²) in [7, 11) is 0. The van der Waals surface area contributed by atoms with Crippen LogP contribution in [0.2, 0.25) is 0 Å². The molecule has 0 atom stereocenters. The molecule has 0 unspecified atom stereocenters. The second-order valence-corrected chi connectivity index (χ2v) is 4.22. The van der Waals surface area contributed by atoms with Crippen molar-refractivity contribution in [1.29, 1.82) is 0 Å². The Kier molecular flexibility index (Phi) is 3.13. The fourth-order valence-corrected chi connectivity index (χ4v) is 1.50. The van der Waals surface area contributed by atoms with Gasteiger partial charge in [-0.15, -0.1) is 0 Å². The molecule has 0 bridgehead atoms. The maximum Gasteiger partial charge on any atom is 0.119 e. The van der Waals surface area contributed by atoms with Crippen molar-refractivity contribution in [3.05, 3.63) is 29.3 Å². The summed E-state index contributed by atoms with van der Waals surface area (Å²) in [5, 5.41) is 9.76. The highest BCUT2D eigenvalue weighted by atomic mass is 16.6. The maximum atomic E-state index is 9.76. The molecule has 3 nitrogen and oxygen atoms in total. The molecule has 1 aromatic rings. The number of aromatic hydroxyl groups is 1. The van der Waals surface area contributed by atoms with Crippen molar-refractivity contribution in [2.45, 2.75) is 26.2 Å². The highest BCUT2D eigenvalue weighted by molar-refractivity contribution is 5.40. The molecule has 0 fully saturated rings. The van der Waals surface area contributed by atoms with Gasteiger partial charge in [-0.2, -0.15) is 0 Å². The molecule has 14 heavy (non-hydrogen) atoms. The number of hydrogen-bond acceptors (Lipinski definition) is 3. The molecule has 0 aliphatic heterocycles. The number of aryl methyl sites for hydroxylation is 1. The van der Waals surface area contributed by atoms with Gasteiger partial charge in [0.25, 0.3) is 0 Å². The third kappa shape index (κ3) is 2.25. The van der Waals surface area contributed by atoms with Crippen LogP contribution in [0.25, 0.3) is 0 Å². The van der Waals surface area contributed by atoms with Crippen LogP contribution >= 0.6 is 0 Å². The van der Waals surface area contributed by atoms with Crippen LogP contribution in [0.5, 0.6) is 5.75 Å². The largest absolute Gasteiger partial charge is 0.508 e. The zero-order valence-electron chi connectivity index (χ0n) is 8.87. The van der Waals surface area contributed by atoms with Gasteiger partial charge in [0.2, 0.25) is 0 Å². The summed E-state index contributed by atoms with van der Waals surface area (Å²) >= 11 is 0. The van der Waals surface area contributed by atoms with Crippen LogP contribution in [-0.2, 0) is 10.3 Å². The lowest BCUT2D eigenvalue weighted by atomic mass is 9.84. The molecule has 0 heterocycles. The van der Waals surface area contributed by atoms with E-state index in [1.54, 1.807) is 6.07 Å². The fourth-order valence-electron chi connectivity index (χ4n) is 1.50. The van der Waals surface area contributed by atoms with Gasteiger partial charge >= 0.3 is 0 Å². The highest BCUT2D eigenvalue weighted by Crippen LogP contribution is 2.31. The van der Waals surface area contributed by atoms with E-state index in [9.17, 15) is 5.11 Å². The van der Waals surface area contributed by atoms with Gasteiger partial charge in [0, 0.05) is 11.0 Å². The lowest BCUT2D eigenvalue weighted by Gasteiger charge is -2.24. The van der Waals surface area contributed by atoms with E-state index in [1.807, 2.05) is 32.9 Å². The average molecular weight is 195 g/mol. The predicted molar refractivity (Wildman–Crippen MR) is 56.0 cm³/mol. The number of hydrogen-bond donors (Lipinski definition) is 2. The molecule has 0 saturated carbocycles. The molecular weight excluding hydrogens is 178 g/mol. The zero-order valence-corrected chi connectivity index (χ0v) is 8.87. The van der Waals surface area contributed by atoms with E-state index in [-0.39, 0.29) is 5.41 Å².